The second-order valence-corrected chi connectivity index (χ2v) is 4.34. The van der Waals surface area contributed by atoms with Gasteiger partial charge in [-0.1, -0.05) is 18.2 Å². The van der Waals surface area contributed by atoms with Gasteiger partial charge in [0, 0.05) is 12.6 Å². The predicted octanol–water partition coefficient (Wildman–Crippen LogP) is 1.75. The number of aliphatic hydroxyl groups excluding tert-OH is 1. The molecule has 1 unspecified atom stereocenters. The van der Waals surface area contributed by atoms with Gasteiger partial charge in [0.05, 0.1) is 13.2 Å². The molecule has 4 heteroatoms. The van der Waals surface area contributed by atoms with E-state index in [1.165, 1.54) is 6.07 Å². The molecule has 0 heterocycles. The minimum Gasteiger partial charge on any atom is -0.394 e. The second kappa shape index (κ2) is 9.03. The van der Waals surface area contributed by atoms with Crippen LogP contribution in [0.2, 0.25) is 0 Å². The number of hydrogen-bond acceptors (Lipinski definition) is 3. The number of rotatable bonds is 9. The zero-order chi connectivity index (χ0) is 13.2. The molecule has 1 atom stereocenters. The predicted molar refractivity (Wildman–Crippen MR) is 70.1 cm³/mol. The minimum atomic E-state index is -0.141. The van der Waals surface area contributed by atoms with E-state index in [1.807, 2.05) is 19.1 Å². The van der Waals surface area contributed by atoms with Crippen LogP contribution in [0.5, 0.6) is 0 Å². The molecule has 3 nitrogen and oxygen atoms in total. The van der Waals surface area contributed by atoms with Crippen molar-refractivity contribution in [2.45, 2.75) is 25.8 Å². The fourth-order valence-electron chi connectivity index (χ4n) is 1.76. The second-order valence-electron chi connectivity index (χ2n) is 4.34. The topological polar surface area (TPSA) is 41.5 Å². The Morgan fingerprint density at radius 3 is 2.83 bits per heavy atom. The van der Waals surface area contributed by atoms with E-state index in [2.05, 4.69) is 5.32 Å². The standard InChI is InChI=1S/C14H22FNO2/c1-12(16-7-4-9-18-10-8-17)11-13-5-2-3-6-14(13)15/h2-3,5-6,12,16-17H,4,7-11H2,1H3. The van der Waals surface area contributed by atoms with Gasteiger partial charge in [-0.2, -0.15) is 0 Å². The van der Waals surface area contributed by atoms with Crippen molar-refractivity contribution in [3.8, 4) is 0 Å². The summed E-state index contributed by atoms with van der Waals surface area (Å²) >= 11 is 0. The summed E-state index contributed by atoms with van der Waals surface area (Å²) in [6, 6.07) is 7.10. The van der Waals surface area contributed by atoms with Gasteiger partial charge in [-0.15, -0.1) is 0 Å². The first-order valence-corrected chi connectivity index (χ1v) is 6.39. The highest BCUT2D eigenvalue weighted by molar-refractivity contribution is 5.18. The van der Waals surface area contributed by atoms with Gasteiger partial charge in [-0.3, -0.25) is 0 Å². The average molecular weight is 255 g/mol. The number of nitrogens with one attached hydrogen (secondary N) is 1. The third kappa shape index (κ3) is 6.10. The Bertz CT molecular complexity index is 333. The van der Waals surface area contributed by atoms with Crippen LogP contribution in [0, 0.1) is 5.82 Å². The molecular weight excluding hydrogens is 233 g/mol. The van der Waals surface area contributed by atoms with E-state index in [0.29, 0.717) is 19.6 Å². The summed E-state index contributed by atoms with van der Waals surface area (Å²) in [6.07, 6.45) is 1.58. The third-order valence-electron chi connectivity index (χ3n) is 2.68. The van der Waals surface area contributed by atoms with E-state index in [1.54, 1.807) is 6.07 Å². The van der Waals surface area contributed by atoms with Crippen LogP contribution in [-0.2, 0) is 11.2 Å². The average Bonchev–Trinajstić information content (AvgIpc) is 2.36. The Morgan fingerprint density at radius 2 is 2.11 bits per heavy atom. The fourth-order valence-corrected chi connectivity index (χ4v) is 1.76. The Balaban J connectivity index is 2.14. The normalized spacial score (nSPS) is 12.6. The van der Waals surface area contributed by atoms with Gasteiger partial charge in [0.25, 0.3) is 0 Å². The lowest BCUT2D eigenvalue weighted by Crippen LogP contribution is -2.30. The maximum Gasteiger partial charge on any atom is 0.126 e. The summed E-state index contributed by atoms with van der Waals surface area (Å²) in [5, 5.41) is 11.9. The summed E-state index contributed by atoms with van der Waals surface area (Å²) < 4.78 is 18.6. The molecule has 0 aliphatic heterocycles. The molecule has 0 aliphatic carbocycles. The summed E-state index contributed by atoms with van der Waals surface area (Å²) in [7, 11) is 0. The van der Waals surface area contributed by atoms with Crippen LogP contribution in [0.4, 0.5) is 4.39 Å². The zero-order valence-corrected chi connectivity index (χ0v) is 10.9. The van der Waals surface area contributed by atoms with E-state index in [0.717, 1.165) is 18.5 Å². The molecular formula is C14H22FNO2. The van der Waals surface area contributed by atoms with Gasteiger partial charge in [0.2, 0.25) is 0 Å². The first-order chi connectivity index (χ1) is 8.74. The highest BCUT2D eigenvalue weighted by Gasteiger charge is 2.06. The first kappa shape index (κ1) is 15.1. The molecule has 0 fully saturated rings. The number of ether oxygens (including phenoxy) is 1. The Labute approximate surface area is 108 Å². The molecule has 0 saturated carbocycles. The van der Waals surface area contributed by atoms with Crippen molar-refractivity contribution in [2.24, 2.45) is 0 Å². The van der Waals surface area contributed by atoms with Gasteiger partial charge >= 0.3 is 0 Å². The molecule has 0 saturated heterocycles. The zero-order valence-electron chi connectivity index (χ0n) is 10.9. The maximum absolute atomic E-state index is 13.4. The van der Waals surface area contributed by atoms with Crippen molar-refractivity contribution in [1.82, 2.24) is 5.32 Å². The van der Waals surface area contributed by atoms with Crippen molar-refractivity contribution >= 4 is 0 Å². The smallest absolute Gasteiger partial charge is 0.126 e. The van der Waals surface area contributed by atoms with Crippen LogP contribution in [0.15, 0.2) is 24.3 Å². The summed E-state index contributed by atoms with van der Waals surface area (Å²) in [5.74, 6) is -0.141. The van der Waals surface area contributed by atoms with Crippen molar-refractivity contribution in [1.29, 1.82) is 0 Å². The van der Waals surface area contributed by atoms with Crippen molar-refractivity contribution < 1.29 is 14.2 Å². The summed E-state index contributed by atoms with van der Waals surface area (Å²) in [4.78, 5) is 0. The molecule has 0 aromatic heterocycles. The highest BCUT2D eigenvalue weighted by atomic mass is 19.1. The molecule has 1 rings (SSSR count). The summed E-state index contributed by atoms with van der Waals surface area (Å²) in [6.45, 7) is 3.98. The molecule has 1 aromatic carbocycles. The van der Waals surface area contributed by atoms with Crippen LogP contribution in [0.25, 0.3) is 0 Å². The first-order valence-electron chi connectivity index (χ1n) is 6.39. The number of aliphatic hydroxyl groups is 1. The fraction of sp³-hybridized carbons (Fsp3) is 0.571. The van der Waals surface area contributed by atoms with Crippen molar-refractivity contribution in [3.05, 3.63) is 35.6 Å². The Hall–Kier alpha value is -0.970. The maximum atomic E-state index is 13.4. The van der Waals surface area contributed by atoms with Crippen LogP contribution >= 0.6 is 0 Å². The Kier molecular flexibility index (Phi) is 7.57. The SMILES string of the molecule is CC(Cc1ccccc1F)NCCCOCCO. The molecule has 102 valence electrons. The monoisotopic (exact) mass is 255 g/mol. The molecule has 0 aliphatic rings. The van der Waals surface area contributed by atoms with Crippen LogP contribution < -0.4 is 5.32 Å². The molecule has 18 heavy (non-hydrogen) atoms. The van der Waals surface area contributed by atoms with Crippen molar-refractivity contribution in [3.63, 3.8) is 0 Å². The van der Waals surface area contributed by atoms with E-state index in [4.69, 9.17) is 9.84 Å². The number of hydrogen-bond donors (Lipinski definition) is 2. The quantitative estimate of drug-likeness (QED) is 0.661. The van der Waals surface area contributed by atoms with Gasteiger partial charge < -0.3 is 15.2 Å². The van der Waals surface area contributed by atoms with Crippen LogP contribution in [-0.4, -0.2) is 37.5 Å². The van der Waals surface area contributed by atoms with Gasteiger partial charge in [0.15, 0.2) is 0 Å². The Morgan fingerprint density at radius 1 is 1.33 bits per heavy atom. The lowest BCUT2D eigenvalue weighted by molar-refractivity contribution is 0.0904. The number of halogens is 1. The van der Waals surface area contributed by atoms with E-state index in [-0.39, 0.29) is 18.5 Å². The lowest BCUT2D eigenvalue weighted by atomic mass is 10.1. The molecule has 0 bridgehead atoms. The van der Waals surface area contributed by atoms with Crippen molar-refractivity contribution in [2.75, 3.05) is 26.4 Å². The van der Waals surface area contributed by atoms with Gasteiger partial charge in [0.1, 0.15) is 5.82 Å². The minimum absolute atomic E-state index is 0.0666. The molecule has 0 amide bonds. The highest BCUT2D eigenvalue weighted by Crippen LogP contribution is 2.08. The molecule has 1 aromatic rings. The van der Waals surface area contributed by atoms with E-state index >= 15 is 0 Å². The van der Waals surface area contributed by atoms with E-state index in [9.17, 15) is 4.39 Å². The van der Waals surface area contributed by atoms with Crippen LogP contribution in [0.3, 0.4) is 0 Å². The number of benzene rings is 1. The van der Waals surface area contributed by atoms with E-state index < -0.39 is 0 Å². The van der Waals surface area contributed by atoms with Gasteiger partial charge in [-0.25, -0.2) is 4.39 Å². The molecule has 0 spiro atoms. The van der Waals surface area contributed by atoms with Gasteiger partial charge in [-0.05, 0) is 37.9 Å². The lowest BCUT2D eigenvalue weighted by Gasteiger charge is -2.14. The molecule has 0 radical (unpaired) electrons. The molecule has 2 N–H and O–H groups in total. The largest absolute Gasteiger partial charge is 0.394 e. The summed E-state index contributed by atoms with van der Waals surface area (Å²) in [5.41, 5.74) is 0.744. The van der Waals surface area contributed by atoms with Crippen LogP contribution in [0.1, 0.15) is 18.9 Å². The third-order valence-corrected chi connectivity index (χ3v) is 2.68.